The standard InChI is InChI=1S/C22H19F4N5O2/c1-12-13-9-17(18(10-13)33-19-6-5-14(11-27-19)22(24,25)26)30(12)21(32)15-3-2-4-16(23)20(15)31-28-7-8-29-31/h2-8,11-13,17-18H,9-10H2,1H3/t12-,13-,17+,18-/m1/s1. The van der Waals surface area contributed by atoms with E-state index < -0.39 is 23.7 Å². The molecule has 172 valence electrons. The molecule has 1 amide bonds. The summed E-state index contributed by atoms with van der Waals surface area (Å²) in [5, 5.41) is 7.92. The van der Waals surface area contributed by atoms with E-state index in [0.717, 1.165) is 17.1 Å². The van der Waals surface area contributed by atoms with E-state index in [0.29, 0.717) is 12.8 Å². The van der Waals surface area contributed by atoms with Crippen LogP contribution in [0, 0.1) is 11.7 Å². The second kappa shape index (κ2) is 7.82. The molecule has 11 heteroatoms. The fourth-order valence-electron chi connectivity index (χ4n) is 4.83. The summed E-state index contributed by atoms with van der Waals surface area (Å²) in [6, 6.07) is 5.88. The molecular weight excluding hydrogens is 442 g/mol. The number of halogens is 4. The third-order valence-corrected chi connectivity index (χ3v) is 6.39. The number of alkyl halides is 3. The van der Waals surface area contributed by atoms with Crippen molar-refractivity contribution in [3.8, 4) is 11.6 Å². The number of carbonyl (C=O) groups is 1. The van der Waals surface area contributed by atoms with Gasteiger partial charge >= 0.3 is 6.18 Å². The normalized spacial score (nSPS) is 24.3. The van der Waals surface area contributed by atoms with Gasteiger partial charge in [-0.25, -0.2) is 9.37 Å². The van der Waals surface area contributed by atoms with Crippen molar-refractivity contribution in [1.82, 2.24) is 24.9 Å². The zero-order valence-corrected chi connectivity index (χ0v) is 17.4. The Morgan fingerprint density at radius 3 is 2.52 bits per heavy atom. The number of carbonyl (C=O) groups excluding carboxylic acids is 1. The van der Waals surface area contributed by atoms with E-state index in [1.807, 2.05) is 6.92 Å². The first-order chi connectivity index (χ1) is 15.7. The molecule has 3 heterocycles. The smallest absolute Gasteiger partial charge is 0.417 e. The molecule has 0 radical (unpaired) electrons. The summed E-state index contributed by atoms with van der Waals surface area (Å²) in [7, 11) is 0. The van der Waals surface area contributed by atoms with E-state index in [1.54, 1.807) is 4.90 Å². The number of benzene rings is 1. The Kier molecular flexibility index (Phi) is 5.06. The molecule has 1 aliphatic carbocycles. The van der Waals surface area contributed by atoms with Gasteiger partial charge in [0.2, 0.25) is 5.88 Å². The third-order valence-electron chi connectivity index (χ3n) is 6.39. The minimum absolute atomic E-state index is 0.0376. The van der Waals surface area contributed by atoms with Crippen LogP contribution >= 0.6 is 0 Å². The highest BCUT2D eigenvalue weighted by molar-refractivity contribution is 5.98. The lowest BCUT2D eigenvalue weighted by molar-refractivity contribution is -0.137. The number of aromatic nitrogens is 4. The predicted octanol–water partition coefficient (Wildman–Crippen LogP) is 3.89. The quantitative estimate of drug-likeness (QED) is 0.552. The van der Waals surface area contributed by atoms with Crippen LogP contribution in [0.1, 0.15) is 35.7 Å². The number of rotatable bonds is 4. The van der Waals surface area contributed by atoms with Crippen molar-refractivity contribution in [2.24, 2.45) is 5.92 Å². The number of nitrogens with zero attached hydrogens (tertiary/aromatic N) is 5. The zero-order chi connectivity index (χ0) is 23.3. The largest absolute Gasteiger partial charge is 0.472 e. The summed E-state index contributed by atoms with van der Waals surface area (Å²) in [5.41, 5.74) is -0.777. The summed E-state index contributed by atoms with van der Waals surface area (Å²) < 4.78 is 58.9. The fraction of sp³-hybridized carbons (Fsp3) is 0.364. The van der Waals surface area contributed by atoms with Crippen LogP contribution in [0.25, 0.3) is 5.69 Å². The van der Waals surface area contributed by atoms with Crippen LogP contribution in [0.3, 0.4) is 0 Å². The van der Waals surface area contributed by atoms with Gasteiger partial charge in [-0.1, -0.05) is 6.07 Å². The number of ether oxygens (including phenoxy) is 1. The molecule has 2 fully saturated rings. The van der Waals surface area contributed by atoms with Gasteiger partial charge in [-0.2, -0.15) is 23.4 Å². The van der Waals surface area contributed by atoms with E-state index in [-0.39, 0.29) is 41.0 Å². The van der Waals surface area contributed by atoms with E-state index in [1.165, 1.54) is 36.7 Å². The molecule has 3 aromatic rings. The molecule has 4 atom stereocenters. The number of para-hydroxylation sites is 1. The Morgan fingerprint density at radius 1 is 1.12 bits per heavy atom. The highest BCUT2D eigenvalue weighted by atomic mass is 19.4. The highest BCUT2D eigenvalue weighted by Gasteiger charge is 2.53. The Balaban J connectivity index is 1.40. The topological polar surface area (TPSA) is 73.1 Å². The van der Waals surface area contributed by atoms with Crippen LogP contribution in [0.2, 0.25) is 0 Å². The molecule has 1 aromatic carbocycles. The van der Waals surface area contributed by atoms with E-state index in [4.69, 9.17) is 4.74 Å². The molecule has 0 N–H and O–H groups in total. The molecule has 0 unspecified atom stereocenters. The molecule has 1 aliphatic heterocycles. The average molecular weight is 461 g/mol. The van der Waals surface area contributed by atoms with Gasteiger partial charge in [0.1, 0.15) is 11.8 Å². The van der Waals surface area contributed by atoms with Gasteiger partial charge in [0.25, 0.3) is 5.91 Å². The van der Waals surface area contributed by atoms with Gasteiger partial charge < -0.3 is 9.64 Å². The first kappa shape index (κ1) is 21.4. The molecule has 2 aromatic heterocycles. The zero-order valence-electron chi connectivity index (χ0n) is 17.4. The second-order valence-corrected chi connectivity index (χ2v) is 8.25. The Labute approximate surface area is 186 Å². The van der Waals surface area contributed by atoms with Crippen LogP contribution in [0.15, 0.2) is 48.9 Å². The number of hydrogen-bond donors (Lipinski definition) is 0. The maximum atomic E-state index is 14.6. The lowest BCUT2D eigenvalue weighted by Gasteiger charge is -2.38. The SMILES string of the molecule is C[C@@H]1[C@H]2C[C@@H](Oc3ccc(C(F)(F)F)cn3)[C@H](C2)N1C(=O)c1cccc(F)c1-n1nccn1. The molecule has 2 bridgehead atoms. The van der Waals surface area contributed by atoms with Crippen molar-refractivity contribution in [2.45, 2.75) is 44.1 Å². The second-order valence-electron chi connectivity index (χ2n) is 8.25. The Hall–Kier alpha value is -3.50. The maximum Gasteiger partial charge on any atom is 0.417 e. The lowest BCUT2D eigenvalue weighted by Crippen LogP contribution is -2.51. The van der Waals surface area contributed by atoms with E-state index in [2.05, 4.69) is 15.2 Å². The maximum absolute atomic E-state index is 14.6. The van der Waals surface area contributed by atoms with Crippen LogP contribution in [-0.4, -0.2) is 49.0 Å². The van der Waals surface area contributed by atoms with Crippen molar-refractivity contribution >= 4 is 5.91 Å². The van der Waals surface area contributed by atoms with Gasteiger partial charge in [0.15, 0.2) is 5.82 Å². The van der Waals surface area contributed by atoms with Crippen LogP contribution in [-0.2, 0) is 6.18 Å². The van der Waals surface area contributed by atoms with E-state index in [9.17, 15) is 22.4 Å². The first-order valence-corrected chi connectivity index (χ1v) is 10.4. The highest BCUT2D eigenvalue weighted by Crippen LogP contribution is 2.45. The van der Waals surface area contributed by atoms with Crippen molar-refractivity contribution in [2.75, 3.05) is 0 Å². The molecule has 33 heavy (non-hydrogen) atoms. The molecule has 5 rings (SSSR count). The van der Waals surface area contributed by atoms with Crippen molar-refractivity contribution < 1.29 is 27.1 Å². The molecular formula is C22H19F4N5O2. The van der Waals surface area contributed by atoms with Gasteiger partial charge in [-0.05, 0) is 43.9 Å². The number of likely N-dealkylation sites (tertiary alicyclic amines) is 1. The number of amides is 1. The van der Waals surface area contributed by atoms with Crippen molar-refractivity contribution in [3.63, 3.8) is 0 Å². The van der Waals surface area contributed by atoms with Gasteiger partial charge in [0.05, 0.1) is 29.6 Å². The third kappa shape index (κ3) is 3.70. The van der Waals surface area contributed by atoms with Gasteiger partial charge in [0, 0.05) is 18.3 Å². The minimum Gasteiger partial charge on any atom is -0.472 e. The van der Waals surface area contributed by atoms with E-state index >= 15 is 0 Å². The predicted molar refractivity (Wildman–Crippen MR) is 107 cm³/mol. The fourth-order valence-corrected chi connectivity index (χ4v) is 4.83. The van der Waals surface area contributed by atoms with Gasteiger partial charge in [-0.15, -0.1) is 4.80 Å². The number of fused-ring (bicyclic) bond motifs is 2. The lowest BCUT2D eigenvalue weighted by atomic mass is 9.98. The molecule has 0 spiro atoms. The minimum atomic E-state index is -4.48. The summed E-state index contributed by atoms with van der Waals surface area (Å²) >= 11 is 0. The molecule has 1 saturated carbocycles. The monoisotopic (exact) mass is 461 g/mol. The molecule has 2 aliphatic rings. The van der Waals surface area contributed by atoms with Crippen LogP contribution in [0.4, 0.5) is 17.6 Å². The average Bonchev–Trinajstić information content (AvgIpc) is 3.50. The number of hydrogen-bond acceptors (Lipinski definition) is 5. The first-order valence-electron chi connectivity index (χ1n) is 10.4. The number of pyridine rings is 1. The Morgan fingerprint density at radius 2 is 1.88 bits per heavy atom. The molecule has 1 saturated heterocycles. The van der Waals surface area contributed by atoms with Crippen molar-refractivity contribution in [1.29, 1.82) is 0 Å². The summed E-state index contributed by atoms with van der Waals surface area (Å²) in [6.45, 7) is 1.93. The molecule has 7 nitrogen and oxygen atoms in total. The summed E-state index contributed by atoms with van der Waals surface area (Å²) in [4.78, 5) is 20.1. The summed E-state index contributed by atoms with van der Waals surface area (Å²) in [5.74, 6) is -0.794. The van der Waals surface area contributed by atoms with Crippen molar-refractivity contribution in [3.05, 3.63) is 65.9 Å². The van der Waals surface area contributed by atoms with Gasteiger partial charge in [-0.3, -0.25) is 4.79 Å². The summed E-state index contributed by atoms with van der Waals surface area (Å²) in [6.07, 6.45) is -0.0752. The number of piperidine rings is 1. The van der Waals surface area contributed by atoms with Crippen LogP contribution < -0.4 is 4.74 Å². The Bertz CT molecular complexity index is 1170. The van der Waals surface area contributed by atoms with Crippen LogP contribution in [0.5, 0.6) is 5.88 Å².